The molecule has 2 amide bonds. The Morgan fingerprint density at radius 1 is 1.04 bits per heavy atom. The Labute approximate surface area is 160 Å². The van der Waals surface area contributed by atoms with Crippen LogP contribution in [0.4, 0.5) is 18.0 Å². The molecule has 0 saturated carbocycles. The fourth-order valence-electron chi connectivity index (χ4n) is 4.02. The number of amides is 2. The van der Waals surface area contributed by atoms with Gasteiger partial charge in [0.25, 0.3) is 0 Å². The molecule has 2 aliphatic heterocycles. The van der Waals surface area contributed by atoms with E-state index in [4.69, 9.17) is 5.11 Å². The third-order valence-corrected chi connectivity index (χ3v) is 5.52. The first-order chi connectivity index (χ1) is 13.2. The summed E-state index contributed by atoms with van der Waals surface area (Å²) in [6.07, 6.45) is -3.28. The second-order valence-corrected chi connectivity index (χ2v) is 7.36. The smallest absolute Gasteiger partial charge is 0.465 e. The number of carbonyl (C=O) groups is 2. The molecule has 2 saturated heterocycles. The molecule has 1 aromatic rings. The summed E-state index contributed by atoms with van der Waals surface area (Å²) in [7, 11) is 0. The van der Waals surface area contributed by atoms with Crippen LogP contribution in [0.3, 0.4) is 0 Å². The van der Waals surface area contributed by atoms with E-state index >= 15 is 0 Å². The number of hydrogen-bond donors (Lipinski definition) is 1. The quantitative estimate of drug-likeness (QED) is 0.842. The SMILES string of the molecule is O=C(O)N1C[C@H]2CCN(C(=O)CCc3ccc(OC(F)(F)F)cc3)CC[C@H]2C1. The van der Waals surface area contributed by atoms with Crippen LogP contribution in [0.5, 0.6) is 5.75 Å². The Kier molecular flexibility index (Phi) is 6.00. The minimum atomic E-state index is -4.72. The van der Waals surface area contributed by atoms with Gasteiger partial charge in [0, 0.05) is 32.6 Å². The molecule has 0 aromatic heterocycles. The predicted molar refractivity (Wildman–Crippen MR) is 93.8 cm³/mol. The summed E-state index contributed by atoms with van der Waals surface area (Å²) >= 11 is 0. The fraction of sp³-hybridized carbons (Fsp3) is 0.579. The Bertz CT molecular complexity index is 692. The molecule has 0 bridgehead atoms. The molecule has 0 spiro atoms. The van der Waals surface area contributed by atoms with E-state index in [0.29, 0.717) is 44.4 Å². The number of halogens is 3. The number of likely N-dealkylation sites (tertiary alicyclic amines) is 2. The van der Waals surface area contributed by atoms with E-state index in [0.717, 1.165) is 18.4 Å². The predicted octanol–water partition coefficient (Wildman–Crippen LogP) is 3.37. The van der Waals surface area contributed by atoms with Crippen molar-refractivity contribution in [2.75, 3.05) is 26.2 Å². The maximum absolute atomic E-state index is 12.5. The molecule has 9 heteroatoms. The summed E-state index contributed by atoms with van der Waals surface area (Å²) < 4.78 is 40.4. The first-order valence-corrected chi connectivity index (χ1v) is 9.31. The van der Waals surface area contributed by atoms with Crippen molar-refractivity contribution >= 4 is 12.0 Å². The molecule has 6 nitrogen and oxygen atoms in total. The molecule has 0 aliphatic carbocycles. The molecule has 2 atom stereocenters. The third-order valence-electron chi connectivity index (χ3n) is 5.52. The van der Waals surface area contributed by atoms with E-state index in [1.807, 2.05) is 4.90 Å². The van der Waals surface area contributed by atoms with E-state index in [2.05, 4.69) is 4.74 Å². The molecule has 0 unspecified atom stereocenters. The van der Waals surface area contributed by atoms with Crippen molar-refractivity contribution < 1.29 is 32.6 Å². The Morgan fingerprint density at radius 2 is 1.61 bits per heavy atom. The highest BCUT2D eigenvalue weighted by atomic mass is 19.4. The summed E-state index contributed by atoms with van der Waals surface area (Å²) in [5.74, 6) is 0.341. The molecule has 3 rings (SSSR count). The van der Waals surface area contributed by atoms with Crippen LogP contribution in [0.2, 0.25) is 0 Å². The van der Waals surface area contributed by atoms with Gasteiger partial charge in [0.1, 0.15) is 5.75 Å². The third kappa shape index (κ3) is 5.30. The van der Waals surface area contributed by atoms with Gasteiger partial charge in [-0.25, -0.2) is 4.79 Å². The number of hydrogen-bond acceptors (Lipinski definition) is 3. The average Bonchev–Trinajstić information content (AvgIpc) is 2.93. The van der Waals surface area contributed by atoms with Gasteiger partial charge in [0.2, 0.25) is 5.91 Å². The molecule has 2 fully saturated rings. The summed E-state index contributed by atoms with van der Waals surface area (Å²) in [5.41, 5.74) is 0.770. The van der Waals surface area contributed by atoms with E-state index in [1.54, 1.807) is 0 Å². The molecule has 2 aliphatic rings. The maximum atomic E-state index is 12.5. The van der Waals surface area contributed by atoms with Crippen LogP contribution in [-0.4, -0.2) is 59.4 Å². The standard InChI is InChI=1S/C19H23F3N2O4/c20-19(21,22)28-16-4-1-13(2-5-16)3-6-17(25)23-9-7-14-11-24(18(26)27)12-15(14)8-10-23/h1-2,4-5,14-15H,3,6-12H2,(H,26,27)/t14-,15+. The number of aryl methyl sites for hydroxylation is 1. The van der Waals surface area contributed by atoms with Crippen LogP contribution >= 0.6 is 0 Å². The number of nitrogens with zero attached hydrogens (tertiary/aromatic N) is 2. The lowest BCUT2D eigenvalue weighted by molar-refractivity contribution is -0.274. The Hall–Kier alpha value is -2.45. The van der Waals surface area contributed by atoms with Crippen molar-refractivity contribution in [1.29, 1.82) is 0 Å². The first-order valence-electron chi connectivity index (χ1n) is 9.31. The second kappa shape index (κ2) is 8.28. The van der Waals surface area contributed by atoms with Crippen molar-refractivity contribution in [2.45, 2.75) is 32.0 Å². The summed E-state index contributed by atoms with van der Waals surface area (Å²) in [4.78, 5) is 26.9. The zero-order valence-electron chi connectivity index (χ0n) is 15.3. The minimum absolute atomic E-state index is 0.0192. The molecule has 28 heavy (non-hydrogen) atoms. The molecule has 2 heterocycles. The van der Waals surface area contributed by atoms with Gasteiger partial charge in [0.15, 0.2) is 0 Å². The first kappa shape index (κ1) is 20.3. The van der Waals surface area contributed by atoms with Crippen molar-refractivity contribution in [3.8, 4) is 5.75 Å². The van der Waals surface area contributed by atoms with Crippen molar-refractivity contribution in [3.63, 3.8) is 0 Å². The normalized spacial score (nSPS) is 22.5. The summed E-state index contributed by atoms with van der Waals surface area (Å²) in [6, 6.07) is 5.55. The molecular formula is C19H23F3N2O4. The monoisotopic (exact) mass is 400 g/mol. The highest BCUT2D eigenvalue weighted by Gasteiger charge is 2.37. The second-order valence-electron chi connectivity index (χ2n) is 7.36. The number of benzene rings is 1. The van der Waals surface area contributed by atoms with E-state index in [9.17, 15) is 22.8 Å². The number of alkyl halides is 3. The van der Waals surface area contributed by atoms with Gasteiger partial charge in [-0.05, 0) is 48.8 Å². The number of carbonyl (C=O) groups excluding carboxylic acids is 1. The molecule has 154 valence electrons. The summed E-state index contributed by atoms with van der Waals surface area (Å²) in [6.45, 7) is 2.31. The van der Waals surface area contributed by atoms with Gasteiger partial charge >= 0.3 is 12.5 Å². The van der Waals surface area contributed by atoms with Crippen molar-refractivity contribution in [2.24, 2.45) is 11.8 Å². The lowest BCUT2D eigenvalue weighted by Gasteiger charge is -2.22. The summed E-state index contributed by atoms with van der Waals surface area (Å²) in [5, 5.41) is 9.12. The highest BCUT2D eigenvalue weighted by Crippen LogP contribution is 2.32. The van der Waals surface area contributed by atoms with Crippen LogP contribution < -0.4 is 4.74 Å². The fourth-order valence-corrected chi connectivity index (χ4v) is 4.02. The van der Waals surface area contributed by atoms with E-state index < -0.39 is 12.5 Å². The molecule has 1 N–H and O–H groups in total. The van der Waals surface area contributed by atoms with Crippen molar-refractivity contribution in [3.05, 3.63) is 29.8 Å². The zero-order valence-corrected chi connectivity index (χ0v) is 15.3. The van der Waals surface area contributed by atoms with Gasteiger partial charge in [-0.3, -0.25) is 4.79 Å². The number of ether oxygens (including phenoxy) is 1. The highest BCUT2D eigenvalue weighted by molar-refractivity contribution is 5.76. The Balaban J connectivity index is 1.46. The van der Waals surface area contributed by atoms with Gasteiger partial charge in [0.05, 0.1) is 0 Å². The number of rotatable bonds is 4. The average molecular weight is 400 g/mol. The number of carboxylic acid groups (broad SMARTS) is 1. The topological polar surface area (TPSA) is 70.1 Å². The van der Waals surface area contributed by atoms with Gasteiger partial charge < -0.3 is 19.6 Å². The van der Waals surface area contributed by atoms with Gasteiger partial charge in [-0.2, -0.15) is 0 Å². The van der Waals surface area contributed by atoms with E-state index in [-0.39, 0.29) is 18.1 Å². The zero-order chi connectivity index (χ0) is 20.3. The lowest BCUT2D eigenvalue weighted by Crippen LogP contribution is -2.33. The lowest BCUT2D eigenvalue weighted by atomic mass is 9.92. The molecule has 0 radical (unpaired) electrons. The largest absolute Gasteiger partial charge is 0.573 e. The van der Waals surface area contributed by atoms with Crippen LogP contribution in [-0.2, 0) is 11.2 Å². The van der Waals surface area contributed by atoms with Crippen LogP contribution in [0.15, 0.2) is 24.3 Å². The van der Waals surface area contributed by atoms with Crippen LogP contribution in [0.1, 0.15) is 24.8 Å². The van der Waals surface area contributed by atoms with Crippen LogP contribution in [0, 0.1) is 11.8 Å². The molecule has 1 aromatic carbocycles. The van der Waals surface area contributed by atoms with Gasteiger partial charge in [-0.1, -0.05) is 12.1 Å². The van der Waals surface area contributed by atoms with Crippen LogP contribution in [0.25, 0.3) is 0 Å². The maximum Gasteiger partial charge on any atom is 0.573 e. The Morgan fingerprint density at radius 3 is 2.11 bits per heavy atom. The van der Waals surface area contributed by atoms with Gasteiger partial charge in [-0.15, -0.1) is 13.2 Å². The van der Waals surface area contributed by atoms with E-state index in [1.165, 1.54) is 29.2 Å². The molecular weight excluding hydrogens is 377 g/mol. The van der Waals surface area contributed by atoms with Crippen molar-refractivity contribution in [1.82, 2.24) is 9.80 Å². The number of fused-ring (bicyclic) bond motifs is 1. The minimum Gasteiger partial charge on any atom is -0.465 e.